The predicted octanol–water partition coefficient (Wildman–Crippen LogP) is 6.59. The molecular formula is C23H18Cl3F5N2O2. The summed E-state index contributed by atoms with van der Waals surface area (Å²) in [5, 5.41) is 5.28. The molecular weight excluding hydrogens is 538 g/mol. The quantitative estimate of drug-likeness (QED) is 0.248. The lowest BCUT2D eigenvalue weighted by molar-refractivity contribution is -0.117. The van der Waals surface area contributed by atoms with Crippen molar-refractivity contribution in [1.29, 1.82) is 0 Å². The summed E-state index contributed by atoms with van der Waals surface area (Å²) in [7, 11) is 0. The lowest BCUT2D eigenvalue weighted by Crippen LogP contribution is -2.40. The van der Waals surface area contributed by atoms with Crippen LogP contribution in [0.15, 0.2) is 30.3 Å². The number of carbonyl (C=O) groups is 2. The van der Waals surface area contributed by atoms with Gasteiger partial charge in [0.25, 0.3) is 5.91 Å². The third kappa shape index (κ3) is 5.37. The van der Waals surface area contributed by atoms with Crippen LogP contribution in [-0.4, -0.2) is 28.1 Å². The summed E-state index contributed by atoms with van der Waals surface area (Å²) < 4.78 is 65.5. The minimum atomic E-state index is -2.74. The van der Waals surface area contributed by atoms with Gasteiger partial charge < -0.3 is 10.6 Å². The van der Waals surface area contributed by atoms with Gasteiger partial charge >= 0.3 is 0 Å². The van der Waals surface area contributed by atoms with Crippen LogP contribution in [0.2, 0.25) is 5.02 Å². The van der Waals surface area contributed by atoms with Crippen molar-refractivity contribution in [2.75, 3.05) is 5.32 Å². The van der Waals surface area contributed by atoms with Crippen LogP contribution in [0.4, 0.5) is 27.6 Å². The number of alkyl halides is 4. The Hall–Kier alpha value is -2.10. The van der Waals surface area contributed by atoms with Crippen LogP contribution in [0.25, 0.3) is 0 Å². The van der Waals surface area contributed by atoms with E-state index in [-0.39, 0.29) is 47.5 Å². The molecule has 4 nitrogen and oxygen atoms in total. The summed E-state index contributed by atoms with van der Waals surface area (Å²) in [5.41, 5.74) is 0.0894. The zero-order valence-electron chi connectivity index (χ0n) is 17.8. The monoisotopic (exact) mass is 554 g/mol. The molecule has 0 saturated heterocycles. The first-order valence-electron chi connectivity index (χ1n) is 10.6. The predicted molar refractivity (Wildman–Crippen MR) is 122 cm³/mol. The number of amides is 2. The van der Waals surface area contributed by atoms with Crippen molar-refractivity contribution in [3.63, 3.8) is 0 Å². The van der Waals surface area contributed by atoms with E-state index < -0.39 is 57.4 Å². The van der Waals surface area contributed by atoms with Crippen LogP contribution in [0, 0.1) is 23.4 Å². The molecule has 2 saturated carbocycles. The van der Waals surface area contributed by atoms with Gasteiger partial charge in [0.1, 0.15) is 4.33 Å². The summed E-state index contributed by atoms with van der Waals surface area (Å²) in [4.78, 5) is 25.5. The van der Waals surface area contributed by atoms with Gasteiger partial charge in [-0.15, -0.1) is 23.2 Å². The maximum Gasteiger partial charge on any atom is 0.253 e. The maximum atomic E-state index is 13.6. The molecule has 0 aliphatic heterocycles. The van der Waals surface area contributed by atoms with Crippen LogP contribution in [0.5, 0.6) is 0 Å². The lowest BCUT2D eigenvalue weighted by atomic mass is 9.92. The van der Waals surface area contributed by atoms with Gasteiger partial charge in [0.15, 0.2) is 17.5 Å². The molecule has 2 atom stereocenters. The summed E-state index contributed by atoms with van der Waals surface area (Å²) in [5.74, 6) is -10.7. The fourth-order valence-corrected chi connectivity index (χ4v) is 5.30. The Balaban J connectivity index is 1.45. The van der Waals surface area contributed by atoms with E-state index >= 15 is 0 Å². The molecule has 2 N–H and O–H groups in total. The zero-order valence-corrected chi connectivity index (χ0v) is 20.1. The first-order chi connectivity index (χ1) is 16.3. The number of carbonyl (C=O) groups excluding carboxylic acids is 2. The van der Waals surface area contributed by atoms with Gasteiger partial charge in [-0.05, 0) is 48.7 Å². The smallest absolute Gasteiger partial charge is 0.253 e. The van der Waals surface area contributed by atoms with E-state index in [9.17, 15) is 31.5 Å². The average Bonchev–Trinajstić information content (AvgIpc) is 3.36. The third-order valence-electron chi connectivity index (χ3n) is 6.23. The summed E-state index contributed by atoms with van der Waals surface area (Å²) in [6.45, 7) is 0. The standard InChI is InChI=1S/C23H18Cl3F5N2O2/c24-14-2-1-12(9-13(14)20(34)32-11-3-5-22(30,31)6-4-11)33-21(35)18-17(23(18,25)26)10-7-15(27)19(29)16(28)8-10/h1-2,7-9,11,17-18H,3-6H2,(H,32,34)(H,33,35)/t17-,18+/m0/s1. The molecule has 2 aromatic rings. The lowest BCUT2D eigenvalue weighted by Gasteiger charge is -2.28. The van der Waals surface area contributed by atoms with Crippen LogP contribution >= 0.6 is 34.8 Å². The molecule has 0 unspecified atom stereocenters. The Morgan fingerprint density at radius 1 is 0.971 bits per heavy atom. The van der Waals surface area contributed by atoms with E-state index in [4.69, 9.17) is 34.8 Å². The van der Waals surface area contributed by atoms with Crippen molar-refractivity contribution in [2.45, 2.75) is 47.9 Å². The highest BCUT2D eigenvalue weighted by Crippen LogP contribution is 2.65. The number of halogens is 8. The maximum absolute atomic E-state index is 13.6. The highest BCUT2D eigenvalue weighted by Gasteiger charge is 2.67. The number of hydrogen-bond acceptors (Lipinski definition) is 2. The van der Waals surface area contributed by atoms with Gasteiger partial charge in [0, 0.05) is 30.5 Å². The Morgan fingerprint density at radius 3 is 2.17 bits per heavy atom. The third-order valence-corrected chi connectivity index (χ3v) is 7.50. The van der Waals surface area contributed by atoms with Crippen LogP contribution < -0.4 is 10.6 Å². The van der Waals surface area contributed by atoms with E-state index in [1.54, 1.807) is 0 Å². The molecule has 0 radical (unpaired) electrons. The number of rotatable bonds is 5. The SMILES string of the molecule is O=C(NC1CCC(F)(F)CC1)c1cc(NC(=O)[C@H]2[C@H](c3cc(F)c(F)c(F)c3)C2(Cl)Cl)ccc1Cl. The molecule has 12 heteroatoms. The Labute approximate surface area is 212 Å². The highest BCUT2D eigenvalue weighted by atomic mass is 35.5. The van der Waals surface area contributed by atoms with Crippen molar-refractivity contribution in [2.24, 2.45) is 5.92 Å². The molecule has 0 heterocycles. The first kappa shape index (κ1) is 26.0. The van der Waals surface area contributed by atoms with Crippen molar-refractivity contribution >= 4 is 52.3 Å². The molecule has 35 heavy (non-hydrogen) atoms. The second kappa shape index (κ2) is 9.41. The molecule has 2 aliphatic rings. The molecule has 2 aliphatic carbocycles. The van der Waals surface area contributed by atoms with Gasteiger partial charge in [-0.3, -0.25) is 9.59 Å². The van der Waals surface area contributed by atoms with Gasteiger partial charge in [-0.25, -0.2) is 22.0 Å². The van der Waals surface area contributed by atoms with Crippen LogP contribution in [-0.2, 0) is 4.79 Å². The van der Waals surface area contributed by atoms with Crippen molar-refractivity contribution < 1.29 is 31.5 Å². The van der Waals surface area contributed by atoms with Crippen LogP contribution in [0.1, 0.15) is 47.5 Å². The molecule has 2 aromatic carbocycles. The number of nitrogens with one attached hydrogen (secondary N) is 2. The van der Waals surface area contributed by atoms with E-state index in [1.165, 1.54) is 18.2 Å². The molecule has 2 amide bonds. The molecule has 2 fully saturated rings. The van der Waals surface area contributed by atoms with E-state index in [1.807, 2.05) is 0 Å². The van der Waals surface area contributed by atoms with Gasteiger partial charge in [0.05, 0.1) is 16.5 Å². The normalized spacial score (nSPS) is 23.0. The number of anilines is 1. The number of hydrogen-bond donors (Lipinski definition) is 2. The first-order valence-corrected chi connectivity index (χ1v) is 11.7. The number of benzene rings is 2. The van der Waals surface area contributed by atoms with Gasteiger partial charge in [0.2, 0.25) is 11.8 Å². The minimum absolute atomic E-state index is 0.0137. The van der Waals surface area contributed by atoms with Gasteiger partial charge in [-0.1, -0.05) is 11.6 Å². The van der Waals surface area contributed by atoms with Crippen molar-refractivity contribution in [1.82, 2.24) is 5.32 Å². The van der Waals surface area contributed by atoms with Crippen LogP contribution in [0.3, 0.4) is 0 Å². The molecule has 188 valence electrons. The summed E-state index contributed by atoms with van der Waals surface area (Å²) in [6.07, 6.45) is -0.419. The van der Waals surface area contributed by atoms with Gasteiger partial charge in [-0.2, -0.15) is 0 Å². The highest BCUT2D eigenvalue weighted by molar-refractivity contribution is 6.53. The van der Waals surface area contributed by atoms with Crippen molar-refractivity contribution in [3.05, 3.63) is 63.9 Å². The summed E-state index contributed by atoms with van der Waals surface area (Å²) in [6, 6.07) is 5.09. The van der Waals surface area contributed by atoms with E-state index in [0.29, 0.717) is 0 Å². The summed E-state index contributed by atoms with van der Waals surface area (Å²) >= 11 is 18.5. The van der Waals surface area contributed by atoms with E-state index in [2.05, 4.69) is 10.6 Å². The molecule has 4 rings (SSSR count). The second-order valence-corrected chi connectivity index (χ2v) is 10.6. The fraction of sp³-hybridized carbons (Fsp3) is 0.391. The Bertz CT molecular complexity index is 1160. The second-order valence-electron chi connectivity index (χ2n) is 8.72. The Kier molecular flexibility index (Phi) is 6.98. The largest absolute Gasteiger partial charge is 0.349 e. The minimum Gasteiger partial charge on any atom is -0.349 e. The molecule has 0 bridgehead atoms. The topological polar surface area (TPSA) is 58.2 Å². The Morgan fingerprint density at radius 2 is 1.57 bits per heavy atom. The van der Waals surface area contributed by atoms with Crippen molar-refractivity contribution in [3.8, 4) is 0 Å². The zero-order chi connectivity index (χ0) is 25.7. The van der Waals surface area contributed by atoms with E-state index in [0.717, 1.165) is 12.1 Å². The fourth-order valence-electron chi connectivity index (χ4n) is 4.27. The molecule has 0 spiro atoms. The average molecular weight is 556 g/mol. The molecule has 0 aromatic heterocycles.